The minimum atomic E-state index is -0.258. The zero-order chi connectivity index (χ0) is 17.4. The van der Waals surface area contributed by atoms with Gasteiger partial charge in [0.1, 0.15) is 12.3 Å². The second-order valence-corrected chi connectivity index (χ2v) is 6.74. The Labute approximate surface area is 157 Å². The van der Waals surface area contributed by atoms with Crippen molar-refractivity contribution in [1.29, 1.82) is 0 Å². The summed E-state index contributed by atoms with van der Waals surface area (Å²) in [6.07, 6.45) is 11.8. The third-order valence-corrected chi connectivity index (χ3v) is 4.71. The molecular weight excluding hydrogens is 336 g/mol. The molecule has 1 fully saturated rings. The predicted octanol–water partition coefficient (Wildman–Crippen LogP) is -0.418. The van der Waals surface area contributed by atoms with Crippen molar-refractivity contribution in [1.82, 2.24) is 4.90 Å². The number of benzene rings is 1. The molecule has 0 aliphatic heterocycles. The molecule has 0 spiro atoms. The van der Waals surface area contributed by atoms with E-state index in [2.05, 4.69) is 24.2 Å². The highest BCUT2D eigenvalue weighted by Crippen LogP contribution is 2.23. The highest BCUT2D eigenvalue weighted by Gasteiger charge is 2.23. The van der Waals surface area contributed by atoms with E-state index in [0.717, 1.165) is 24.8 Å². The molecule has 0 bridgehead atoms. The summed E-state index contributed by atoms with van der Waals surface area (Å²) >= 11 is 0. The molecule has 1 aliphatic carbocycles. The Hall–Kier alpha value is -1.70. The molecule has 4 nitrogen and oxygen atoms in total. The quantitative estimate of drug-likeness (QED) is 0.697. The van der Waals surface area contributed by atoms with Gasteiger partial charge in [0, 0.05) is 19.5 Å². The molecule has 1 saturated carbocycles. The van der Waals surface area contributed by atoms with Crippen LogP contribution in [0.4, 0.5) is 4.79 Å². The summed E-state index contributed by atoms with van der Waals surface area (Å²) in [4.78, 5) is 14.1. The smallest absolute Gasteiger partial charge is 0.415 e. The lowest BCUT2D eigenvalue weighted by Gasteiger charge is -2.30. The molecular formula is C20H29ClN2O2. The monoisotopic (exact) mass is 364 g/mol. The van der Waals surface area contributed by atoms with Crippen molar-refractivity contribution in [2.24, 2.45) is 0 Å². The Balaban J connectivity index is 0.00000312. The molecule has 2 N–H and O–H groups in total. The molecule has 1 aromatic carbocycles. The second kappa shape index (κ2) is 11.0. The minimum Gasteiger partial charge on any atom is -1.00 e. The molecule has 0 saturated heterocycles. The Morgan fingerprint density at radius 2 is 2.12 bits per heavy atom. The lowest BCUT2D eigenvalue weighted by Crippen LogP contribution is -3.00. The van der Waals surface area contributed by atoms with Gasteiger partial charge in [-0.1, -0.05) is 31.4 Å². The largest absolute Gasteiger partial charge is 1.00 e. The van der Waals surface area contributed by atoms with Crippen molar-refractivity contribution >= 4 is 6.09 Å². The number of nitrogens with two attached hydrogens (primary N) is 1. The summed E-state index contributed by atoms with van der Waals surface area (Å²) in [5.41, 5.74) is 1.15. The highest BCUT2D eigenvalue weighted by atomic mass is 35.5. The number of halogens is 1. The van der Waals surface area contributed by atoms with Crippen molar-refractivity contribution in [3.05, 3.63) is 29.8 Å². The van der Waals surface area contributed by atoms with Crippen molar-refractivity contribution < 1.29 is 27.3 Å². The molecule has 1 aliphatic rings. The van der Waals surface area contributed by atoms with Gasteiger partial charge < -0.3 is 27.4 Å². The maximum Gasteiger partial charge on any atom is 0.415 e. The summed E-state index contributed by atoms with van der Waals surface area (Å²) in [5.74, 6) is 3.25. The van der Waals surface area contributed by atoms with Crippen LogP contribution >= 0.6 is 0 Å². The van der Waals surface area contributed by atoms with Gasteiger partial charge in [-0.25, -0.2) is 4.79 Å². The first kappa shape index (κ1) is 21.3. The lowest BCUT2D eigenvalue weighted by molar-refractivity contribution is -0.675. The van der Waals surface area contributed by atoms with Crippen LogP contribution in [0.15, 0.2) is 24.3 Å². The summed E-state index contributed by atoms with van der Waals surface area (Å²) in [5, 5.41) is 2.13. The van der Waals surface area contributed by atoms with E-state index in [1.807, 2.05) is 25.2 Å². The SMILES string of the molecule is C#CC[NH2+]C(C)Cc1cccc(OC(=O)N(C)C2CCCCC2)c1.[Cl-]. The molecule has 0 heterocycles. The summed E-state index contributed by atoms with van der Waals surface area (Å²) < 4.78 is 5.58. The molecule has 1 atom stereocenters. The number of carbonyl (C=O) groups excluding carboxylic acids is 1. The Kier molecular flexibility index (Phi) is 9.41. The molecule has 1 amide bonds. The fourth-order valence-electron chi connectivity index (χ4n) is 3.25. The normalized spacial score (nSPS) is 15.6. The van der Waals surface area contributed by atoms with Crippen molar-refractivity contribution in [2.45, 2.75) is 57.5 Å². The van der Waals surface area contributed by atoms with E-state index in [-0.39, 0.29) is 18.5 Å². The number of ether oxygens (including phenoxy) is 1. The van der Waals surface area contributed by atoms with Crippen LogP contribution in [0.5, 0.6) is 5.75 Å². The van der Waals surface area contributed by atoms with E-state index in [0.29, 0.717) is 24.4 Å². The summed E-state index contributed by atoms with van der Waals surface area (Å²) in [7, 11) is 1.85. The van der Waals surface area contributed by atoms with E-state index >= 15 is 0 Å². The van der Waals surface area contributed by atoms with Crippen molar-refractivity contribution in [2.75, 3.05) is 13.6 Å². The van der Waals surface area contributed by atoms with Gasteiger partial charge in [0.25, 0.3) is 0 Å². The summed E-state index contributed by atoms with van der Waals surface area (Å²) in [6, 6.07) is 8.50. The number of terminal acetylenes is 1. The van der Waals surface area contributed by atoms with Crippen LogP contribution in [-0.2, 0) is 6.42 Å². The maximum absolute atomic E-state index is 12.4. The molecule has 1 unspecified atom stereocenters. The van der Waals surface area contributed by atoms with Gasteiger partial charge >= 0.3 is 6.09 Å². The molecule has 2 rings (SSSR count). The fraction of sp³-hybridized carbons (Fsp3) is 0.550. The van der Waals surface area contributed by atoms with Gasteiger partial charge in [0.05, 0.1) is 6.04 Å². The van der Waals surface area contributed by atoms with Gasteiger partial charge in [-0.3, -0.25) is 0 Å². The van der Waals surface area contributed by atoms with Crippen molar-refractivity contribution in [3.8, 4) is 18.1 Å². The average molecular weight is 365 g/mol. The topological polar surface area (TPSA) is 46.1 Å². The van der Waals surface area contributed by atoms with Gasteiger partial charge in [0.15, 0.2) is 0 Å². The first-order chi connectivity index (χ1) is 11.6. The van der Waals surface area contributed by atoms with E-state index in [4.69, 9.17) is 11.2 Å². The number of amides is 1. The van der Waals surface area contributed by atoms with E-state index in [9.17, 15) is 4.79 Å². The predicted molar refractivity (Wildman–Crippen MR) is 95.9 cm³/mol. The number of hydrogen-bond donors (Lipinski definition) is 1. The van der Waals surface area contributed by atoms with Gasteiger partial charge in [0.2, 0.25) is 0 Å². The number of nitrogens with zero attached hydrogens (tertiary/aromatic N) is 1. The molecule has 1 aromatic rings. The molecule has 25 heavy (non-hydrogen) atoms. The van der Waals surface area contributed by atoms with Crippen LogP contribution in [0.25, 0.3) is 0 Å². The van der Waals surface area contributed by atoms with Crippen molar-refractivity contribution in [3.63, 3.8) is 0 Å². The number of rotatable bonds is 6. The second-order valence-electron chi connectivity index (χ2n) is 6.74. The highest BCUT2D eigenvalue weighted by molar-refractivity contribution is 5.70. The van der Waals surface area contributed by atoms with Crippen LogP contribution in [-0.4, -0.2) is 36.7 Å². The van der Waals surface area contributed by atoms with Crippen LogP contribution in [0.1, 0.15) is 44.6 Å². The first-order valence-electron chi connectivity index (χ1n) is 8.90. The van der Waals surface area contributed by atoms with E-state index in [1.54, 1.807) is 4.90 Å². The maximum atomic E-state index is 12.4. The molecule has 0 radical (unpaired) electrons. The van der Waals surface area contributed by atoms with E-state index in [1.165, 1.54) is 19.3 Å². The fourth-order valence-corrected chi connectivity index (χ4v) is 3.25. The lowest BCUT2D eigenvalue weighted by atomic mass is 9.95. The standard InChI is InChI=1S/C20H28N2O2.ClH/c1-4-13-21-16(2)14-17-9-8-12-19(15-17)24-20(23)22(3)18-10-6-5-7-11-18;/h1,8-9,12,15-16,18,21H,5-7,10-11,13-14H2,2-3H3;1H. The average Bonchev–Trinajstić information content (AvgIpc) is 2.60. The number of carbonyl (C=O) groups is 1. The molecule has 5 heteroatoms. The van der Waals surface area contributed by atoms with Crippen LogP contribution in [0, 0.1) is 12.3 Å². The first-order valence-corrected chi connectivity index (χ1v) is 8.90. The van der Waals surface area contributed by atoms with Crippen LogP contribution in [0.3, 0.4) is 0 Å². The van der Waals surface area contributed by atoms with Crippen LogP contribution in [0.2, 0.25) is 0 Å². The van der Waals surface area contributed by atoms with Gasteiger partial charge in [-0.15, -0.1) is 6.42 Å². The molecule has 0 aromatic heterocycles. The zero-order valence-electron chi connectivity index (χ0n) is 15.2. The number of hydrogen-bond acceptors (Lipinski definition) is 2. The Morgan fingerprint density at radius 3 is 2.80 bits per heavy atom. The summed E-state index contributed by atoms with van der Waals surface area (Å²) in [6.45, 7) is 2.83. The van der Waals surface area contributed by atoms with Gasteiger partial charge in [-0.05, 0) is 43.4 Å². The Morgan fingerprint density at radius 1 is 1.40 bits per heavy atom. The minimum absolute atomic E-state index is 0. The van der Waals surface area contributed by atoms with E-state index < -0.39 is 0 Å². The van der Waals surface area contributed by atoms with Crippen LogP contribution < -0.4 is 22.5 Å². The number of quaternary nitrogens is 1. The molecule has 138 valence electrons. The third-order valence-electron chi connectivity index (χ3n) is 4.71. The zero-order valence-corrected chi connectivity index (χ0v) is 16.0. The Bertz CT molecular complexity index is 579. The van der Waals surface area contributed by atoms with Gasteiger partial charge in [-0.2, -0.15) is 0 Å². The third kappa shape index (κ3) is 6.97.